The normalized spacial score (nSPS) is 10.4. The number of amides is 1. The van der Waals surface area contributed by atoms with E-state index in [0.717, 1.165) is 22.3 Å². The zero-order valence-electron chi connectivity index (χ0n) is 15.9. The third-order valence-electron chi connectivity index (χ3n) is 4.71. The Hall–Kier alpha value is -4.25. The maximum absolute atomic E-state index is 12.9. The van der Waals surface area contributed by atoms with Crippen LogP contribution in [0.15, 0.2) is 97.3 Å². The summed E-state index contributed by atoms with van der Waals surface area (Å²) < 4.78 is 0. The van der Waals surface area contributed by atoms with E-state index in [-0.39, 0.29) is 11.3 Å². The van der Waals surface area contributed by atoms with E-state index in [1.165, 1.54) is 12.3 Å². The molecule has 0 radical (unpaired) electrons. The first-order valence-electron chi connectivity index (χ1n) is 9.36. The van der Waals surface area contributed by atoms with E-state index >= 15 is 0 Å². The third kappa shape index (κ3) is 4.10. The number of carboxylic acid groups (broad SMARTS) is 1. The van der Waals surface area contributed by atoms with Gasteiger partial charge in [0.25, 0.3) is 5.91 Å². The smallest absolute Gasteiger partial charge is 0.337 e. The summed E-state index contributed by atoms with van der Waals surface area (Å²) in [7, 11) is 0. The van der Waals surface area contributed by atoms with Gasteiger partial charge < -0.3 is 10.4 Å². The Morgan fingerprint density at radius 3 is 1.97 bits per heavy atom. The van der Waals surface area contributed by atoms with Crippen LogP contribution in [0.3, 0.4) is 0 Å². The summed E-state index contributed by atoms with van der Waals surface area (Å²) in [6, 6.07) is 25.8. The van der Waals surface area contributed by atoms with E-state index in [1.807, 2.05) is 60.7 Å². The van der Waals surface area contributed by atoms with Crippen LogP contribution in [0.5, 0.6) is 0 Å². The number of nitrogens with zero attached hydrogens (tertiary/aromatic N) is 1. The van der Waals surface area contributed by atoms with E-state index in [2.05, 4.69) is 10.3 Å². The van der Waals surface area contributed by atoms with Gasteiger partial charge in [0, 0.05) is 18.0 Å². The summed E-state index contributed by atoms with van der Waals surface area (Å²) in [5.74, 6) is -1.53. The van der Waals surface area contributed by atoms with E-state index in [9.17, 15) is 14.7 Å². The number of hydrogen-bond donors (Lipinski definition) is 2. The van der Waals surface area contributed by atoms with Crippen LogP contribution in [-0.4, -0.2) is 22.0 Å². The van der Waals surface area contributed by atoms with Gasteiger partial charge in [-0.2, -0.15) is 0 Å². The lowest BCUT2D eigenvalue weighted by Crippen LogP contribution is -2.15. The zero-order valence-corrected chi connectivity index (χ0v) is 15.9. The standard InChI is InChI=1S/C25H18N2O3/c28-24(21-13-20(15-26-16-21)18-9-5-2-6-10-18)27-23-14-19(11-12-22(23)25(29)30)17-7-3-1-4-8-17/h1-16H,(H,27,28)(H,29,30). The number of carboxylic acids is 1. The molecule has 1 heterocycles. The van der Waals surface area contributed by atoms with Crippen LogP contribution < -0.4 is 5.32 Å². The van der Waals surface area contributed by atoms with Crippen LogP contribution in [-0.2, 0) is 0 Å². The molecule has 0 saturated carbocycles. The van der Waals surface area contributed by atoms with Crippen molar-refractivity contribution in [1.29, 1.82) is 0 Å². The van der Waals surface area contributed by atoms with Gasteiger partial charge >= 0.3 is 5.97 Å². The number of rotatable bonds is 5. The Kier molecular flexibility index (Phi) is 5.35. The van der Waals surface area contributed by atoms with Crippen LogP contribution in [0.1, 0.15) is 20.7 Å². The fourth-order valence-electron chi connectivity index (χ4n) is 3.19. The molecule has 146 valence electrons. The molecule has 0 saturated heterocycles. The summed E-state index contributed by atoms with van der Waals surface area (Å²) >= 11 is 0. The van der Waals surface area contributed by atoms with Crippen LogP contribution >= 0.6 is 0 Å². The molecule has 5 nitrogen and oxygen atoms in total. The van der Waals surface area contributed by atoms with E-state index in [1.54, 1.807) is 24.4 Å². The van der Waals surface area contributed by atoms with Crippen molar-refractivity contribution < 1.29 is 14.7 Å². The molecule has 30 heavy (non-hydrogen) atoms. The van der Waals surface area contributed by atoms with Gasteiger partial charge in [0.15, 0.2) is 0 Å². The molecule has 0 aliphatic heterocycles. The summed E-state index contributed by atoms with van der Waals surface area (Å²) in [6.07, 6.45) is 3.15. The average molecular weight is 394 g/mol. The van der Waals surface area contributed by atoms with E-state index < -0.39 is 11.9 Å². The number of nitrogens with one attached hydrogen (secondary N) is 1. The van der Waals surface area contributed by atoms with Gasteiger partial charge in [-0.25, -0.2) is 4.79 Å². The molecule has 1 aromatic heterocycles. The first-order chi connectivity index (χ1) is 14.6. The molecule has 3 aromatic carbocycles. The molecule has 0 bridgehead atoms. The SMILES string of the molecule is O=C(Nc1cc(-c2ccccc2)ccc1C(=O)O)c1cncc(-c2ccccc2)c1. The second-order valence-electron chi connectivity index (χ2n) is 6.71. The van der Waals surface area contributed by atoms with Crippen molar-refractivity contribution in [3.63, 3.8) is 0 Å². The first-order valence-corrected chi connectivity index (χ1v) is 9.36. The molecule has 5 heteroatoms. The van der Waals surface area contributed by atoms with E-state index in [0.29, 0.717) is 5.56 Å². The van der Waals surface area contributed by atoms with Crippen molar-refractivity contribution in [2.75, 3.05) is 5.32 Å². The van der Waals surface area contributed by atoms with Crippen molar-refractivity contribution in [2.24, 2.45) is 0 Å². The van der Waals surface area contributed by atoms with Gasteiger partial charge in [0.1, 0.15) is 0 Å². The van der Waals surface area contributed by atoms with Gasteiger partial charge in [-0.3, -0.25) is 9.78 Å². The van der Waals surface area contributed by atoms with Gasteiger partial charge in [-0.15, -0.1) is 0 Å². The molecular formula is C25H18N2O3. The molecule has 0 unspecified atom stereocenters. The quantitative estimate of drug-likeness (QED) is 0.477. The number of aromatic carboxylic acids is 1. The molecule has 0 aliphatic rings. The molecule has 0 spiro atoms. The Morgan fingerprint density at radius 2 is 1.33 bits per heavy atom. The highest BCUT2D eigenvalue weighted by atomic mass is 16.4. The largest absolute Gasteiger partial charge is 0.478 e. The zero-order chi connectivity index (χ0) is 20.9. The van der Waals surface area contributed by atoms with Gasteiger partial charge in [-0.1, -0.05) is 66.7 Å². The van der Waals surface area contributed by atoms with Gasteiger partial charge in [0.2, 0.25) is 0 Å². The summed E-state index contributed by atoms with van der Waals surface area (Å²) in [4.78, 5) is 28.7. The lowest BCUT2D eigenvalue weighted by molar-refractivity contribution is 0.0698. The van der Waals surface area contributed by atoms with Crippen LogP contribution in [0.2, 0.25) is 0 Å². The molecule has 4 aromatic rings. The monoisotopic (exact) mass is 394 g/mol. The lowest BCUT2D eigenvalue weighted by Gasteiger charge is -2.12. The van der Waals surface area contributed by atoms with Crippen molar-refractivity contribution in [2.45, 2.75) is 0 Å². The fraction of sp³-hybridized carbons (Fsp3) is 0. The van der Waals surface area contributed by atoms with Crippen LogP contribution in [0.25, 0.3) is 22.3 Å². The topological polar surface area (TPSA) is 79.3 Å². The molecule has 1 amide bonds. The maximum atomic E-state index is 12.9. The molecule has 0 atom stereocenters. The first kappa shape index (κ1) is 19.1. The third-order valence-corrected chi connectivity index (χ3v) is 4.71. The Bertz CT molecular complexity index is 1210. The molecule has 2 N–H and O–H groups in total. The van der Waals surface area contributed by atoms with Crippen molar-refractivity contribution >= 4 is 17.6 Å². The average Bonchev–Trinajstić information content (AvgIpc) is 2.80. The lowest BCUT2D eigenvalue weighted by atomic mass is 10.0. The van der Waals surface area contributed by atoms with Gasteiger partial charge in [0.05, 0.1) is 16.8 Å². The predicted octanol–water partition coefficient (Wildman–Crippen LogP) is 5.37. The van der Waals surface area contributed by atoms with Crippen molar-refractivity contribution in [1.82, 2.24) is 4.98 Å². The molecule has 4 rings (SSSR count). The number of carbonyl (C=O) groups is 2. The summed E-state index contributed by atoms with van der Waals surface area (Å²) in [5, 5.41) is 12.3. The Morgan fingerprint density at radius 1 is 0.700 bits per heavy atom. The fourth-order valence-corrected chi connectivity index (χ4v) is 3.19. The van der Waals surface area contributed by atoms with Crippen LogP contribution in [0, 0.1) is 0 Å². The molecule has 0 fully saturated rings. The number of benzene rings is 3. The van der Waals surface area contributed by atoms with Gasteiger partial charge in [-0.05, 0) is 34.9 Å². The number of carbonyl (C=O) groups excluding carboxylic acids is 1. The van der Waals surface area contributed by atoms with Crippen molar-refractivity contribution in [3.05, 3.63) is 108 Å². The minimum absolute atomic E-state index is 0.0233. The number of anilines is 1. The minimum atomic E-state index is -1.11. The highest BCUT2D eigenvalue weighted by Crippen LogP contribution is 2.27. The molecule has 0 aliphatic carbocycles. The second kappa shape index (κ2) is 8.41. The number of aromatic nitrogens is 1. The highest BCUT2D eigenvalue weighted by molar-refractivity contribution is 6.08. The number of hydrogen-bond acceptors (Lipinski definition) is 3. The number of pyridine rings is 1. The maximum Gasteiger partial charge on any atom is 0.337 e. The summed E-state index contributed by atoms with van der Waals surface area (Å²) in [5.41, 5.74) is 4.09. The predicted molar refractivity (Wildman–Crippen MR) is 116 cm³/mol. The van der Waals surface area contributed by atoms with Crippen LogP contribution in [0.4, 0.5) is 5.69 Å². The second-order valence-corrected chi connectivity index (χ2v) is 6.71. The summed E-state index contributed by atoms with van der Waals surface area (Å²) in [6.45, 7) is 0. The highest BCUT2D eigenvalue weighted by Gasteiger charge is 2.16. The Labute approximate surface area is 173 Å². The molecular weight excluding hydrogens is 376 g/mol. The van der Waals surface area contributed by atoms with Crippen molar-refractivity contribution in [3.8, 4) is 22.3 Å². The Balaban J connectivity index is 1.66. The minimum Gasteiger partial charge on any atom is -0.478 e. The van der Waals surface area contributed by atoms with E-state index in [4.69, 9.17) is 0 Å².